The Morgan fingerprint density at radius 2 is 1.88 bits per heavy atom. The van der Waals surface area contributed by atoms with Gasteiger partial charge in [0.05, 0.1) is 31.4 Å². The van der Waals surface area contributed by atoms with Gasteiger partial charge in [0.25, 0.3) is 0 Å². The van der Waals surface area contributed by atoms with Gasteiger partial charge in [-0.3, -0.25) is 4.79 Å². The van der Waals surface area contributed by atoms with Gasteiger partial charge in [-0.25, -0.2) is 0 Å². The summed E-state index contributed by atoms with van der Waals surface area (Å²) in [6.07, 6.45) is 0.482. The average molecular weight is 381 g/mol. The normalized spacial score (nSPS) is 14.5. The fraction of sp³-hybridized carbons (Fsp3) is 0.389. The summed E-state index contributed by atoms with van der Waals surface area (Å²) < 4.78 is 10.8. The summed E-state index contributed by atoms with van der Waals surface area (Å²) in [5, 5.41) is 2.52. The van der Waals surface area contributed by atoms with Crippen molar-refractivity contribution in [3.8, 4) is 11.5 Å². The Labute approximate surface area is 156 Å². The minimum atomic E-state index is 0.183. The molecule has 0 atom stereocenters. The number of nitrogens with zero attached hydrogens (tertiary/aromatic N) is 2. The second-order valence-electron chi connectivity index (χ2n) is 5.78. The molecular weight excluding hydrogens is 360 g/mol. The van der Waals surface area contributed by atoms with Crippen LogP contribution in [0.4, 0.5) is 5.69 Å². The lowest BCUT2D eigenvalue weighted by atomic mass is 10.2. The quantitative estimate of drug-likeness (QED) is 0.798. The molecule has 0 N–H and O–H groups in total. The van der Waals surface area contributed by atoms with E-state index in [4.69, 9.17) is 21.1 Å². The molecule has 1 aliphatic heterocycles. The summed E-state index contributed by atoms with van der Waals surface area (Å²) in [5.41, 5.74) is 0.939. The molecule has 1 aliphatic rings. The number of thiophene rings is 1. The third kappa shape index (κ3) is 4.02. The Balaban J connectivity index is 1.67. The van der Waals surface area contributed by atoms with Crippen LogP contribution >= 0.6 is 22.9 Å². The number of piperazine rings is 1. The Bertz CT molecular complexity index is 728. The Morgan fingerprint density at radius 1 is 1.16 bits per heavy atom. The first-order valence-electron chi connectivity index (χ1n) is 8.09. The number of methoxy groups -OCH3 is 2. The van der Waals surface area contributed by atoms with Crippen LogP contribution in [0.1, 0.15) is 4.88 Å². The number of amides is 1. The molecule has 134 valence electrons. The molecule has 25 heavy (non-hydrogen) atoms. The number of benzene rings is 1. The number of ether oxygens (including phenoxy) is 2. The zero-order valence-electron chi connectivity index (χ0n) is 14.3. The number of carbonyl (C=O) groups is 1. The molecule has 0 saturated carbocycles. The van der Waals surface area contributed by atoms with Gasteiger partial charge >= 0.3 is 0 Å². The fourth-order valence-electron chi connectivity index (χ4n) is 2.96. The maximum absolute atomic E-state index is 12.4. The summed E-state index contributed by atoms with van der Waals surface area (Å²) in [7, 11) is 3.22. The van der Waals surface area contributed by atoms with Gasteiger partial charge in [0.2, 0.25) is 5.91 Å². The first-order chi connectivity index (χ1) is 12.1. The number of hydrogen-bond acceptors (Lipinski definition) is 5. The van der Waals surface area contributed by atoms with Crippen LogP contribution in [0.25, 0.3) is 0 Å². The van der Waals surface area contributed by atoms with Crippen molar-refractivity contribution in [3.63, 3.8) is 0 Å². The van der Waals surface area contributed by atoms with Gasteiger partial charge in [-0.1, -0.05) is 17.7 Å². The average Bonchev–Trinajstić information content (AvgIpc) is 3.14. The molecule has 2 heterocycles. The molecule has 0 bridgehead atoms. The smallest absolute Gasteiger partial charge is 0.227 e. The van der Waals surface area contributed by atoms with E-state index in [-0.39, 0.29) is 5.91 Å². The molecule has 0 spiro atoms. The summed E-state index contributed by atoms with van der Waals surface area (Å²) in [6.45, 7) is 2.88. The number of anilines is 1. The van der Waals surface area contributed by atoms with Gasteiger partial charge < -0.3 is 19.3 Å². The maximum atomic E-state index is 12.4. The molecule has 1 saturated heterocycles. The highest BCUT2D eigenvalue weighted by atomic mass is 35.5. The van der Waals surface area contributed by atoms with E-state index >= 15 is 0 Å². The summed E-state index contributed by atoms with van der Waals surface area (Å²) >= 11 is 7.80. The summed E-state index contributed by atoms with van der Waals surface area (Å²) in [5.74, 6) is 1.51. The zero-order valence-corrected chi connectivity index (χ0v) is 15.9. The molecule has 7 heteroatoms. The molecule has 5 nitrogen and oxygen atoms in total. The van der Waals surface area contributed by atoms with E-state index in [2.05, 4.69) is 4.90 Å². The van der Waals surface area contributed by atoms with Crippen molar-refractivity contribution >= 4 is 34.5 Å². The van der Waals surface area contributed by atoms with E-state index in [0.717, 1.165) is 23.7 Å². The highest BCUT2D eigenvalue weighted by molar-refractivity contribution is 7.10. The lowest BCUT2D eigenvalue weighted by molar-refractivity contribution is -0.130. The van der Waals surface area contributed by atoms with Gasteiger partial charge in [-0.15, -0.1) is 11.3 Å². The van der Waals surface area contributed by atoms with E-state index in [9.17, 15) is 4.79 Å². The molecule has 0 radical (unpaired) electrons. The number of hydrogen-bond donors (Lipinski definition) is 0. The van der Waals surface area contributed by atoms with Crippen LogP contribution < -0.4 is 14.4 Å². The number of carbonyl (C=O) groups excluding carboxylic acids is 1. The zero-order chi connectivity index (χ0) is 17.8. The molecule has 3 rings (SSSR count). The molecule has 2 aromatic rings. The van der Waals surface area contributed by atoms with Crippen molar-refractivity contribution < 1.29 is 14.3 Å². The van der Waals surface area contributed by atoms with E-state index in [1.807, 2.05) is 28.5 Å². The molecule has 1 fully saturated rings. The van der Waals surface area contributed by atoms with Crippen molar-refractivity contribution in [1.29, 1.82) is 0 Å². The van der Waals surface area contributed by atoms with Gasteiger partial charge in [0, 0.05) is 43.2 Å². The van der Waals surface area contributed by atoms with Crippen molar-refractivity contribution in [2.75, 3.05) is 45.3 Å². The Kier molecular flexibility index (Phi) is 5.71. The third-order valence-electron chi connectivity index (χ3n) is 4.33. The van der Waals surface area contributed by atoms with Gasteiger partial charge in [-0.2, -0.15) is 0 Å². The number of rotatable bonds is 5. The largest absolute Gasteiger partial charge is 0.495 e. The summed E-state index contributed by atoms with van der Waals surface area (Å²) in [4.78, 5) is 17.7. The van der Waals surface area contributed by atoms with Crippen LogP contribution in [-0.4, -0.2) is 51.2 Å². The SMILES string of the molecule is COc1cc(N2CCN(C(=O)Cc3cccs3)CC2)c(OC)cc1Cl. The van der Waals surface area contributed by atoms with Crippen molar-refractivity contribution in [2.45, 2.75) is 6.42 Å². The second kappa shape index (κ2) is 7.97. The Morgan fingerprint density at radius 3 is 2.48 bits per heavy atom. The van der Waals surface area contributed by atoms with Crippen LogP contribution in [0.15, 0.2) is 29.6 Å². The predicted molar refractivity (Wildman–Crippen MR) is 101 cm³/mol. The van der Waals surface area contributed by atoms with Gasteiger partial charge in [0.1, 0.15) is 11.5 Å². The minimum absolute atomic E-state index is 0.183. The maximum Gasteiger partial charge on any atom is 0.227 e. The monoisotopic (exact) mass is 380 g/mol. The first-order valence-corrected chi connectivity index (χ1v) is 9.34. The van der Waals surface area contributed by atoms with E-state index < -0.39 is 0 Å². The Hall–Kier alpha value is -1.92. The van der Waals surface area contributed by atoms with Crippen molar-refractivity contribution in [1.82, 2.24) is 4.90 Å². The molecule has 1 amide bonds. The topological polar surface area (TPSA) is 42.0 Å². The van der Waals surface area contributed by atoms with Crippen LogP contribution in [0.2, 0.25) is 5.02 Å². The highest BCUT2D eigenvalue weighted by Gasteiger charge is 2.24. The second-order valence-corrected chi connectivity index (χ2v) is 7.22. The fourth-order valence-corrected chi connectivity index (χ4v) is 3.89. The van der Waals surface area contributed by atoms with Gasteiger partial charge in [0.15, 0.2) is 0 Å². The lowest BCUT2D eigenvalue weighted by Gasteiger charge is -2.36. The van der Waals surface area contributed by atoms with Crippen molar-refractivity contribution in [3.05, 3.63) is 39.5 Å². The highest BCUT2D eigenvalue weighted by Crippen LogP contribution is 2.38. The van der Waals surface area contributed by atoms with Crippen LogP contribution in [0.5, 0.6) is 11.5 Å². The van der Waals surface area contributed by atoms with E-state index in [1.165, 1.54) is 0 Å². The minimum Gasteiger partial charge on any atom is -0.495 e. The molecule has 1 aromatic heterocycles. The predicted octanol–water partition coefficient (Wildman–Crippen LogP) is 3.31. The molecule has 0 unspecified atom stereocenters. The molecule has 0 aliphatic carbocycles. The number of halogens is 1. The van der Waals surface area contributed by atoms with Crippen LogP contribution in [-0.2, 0) is 11.2 Å². The van der Waals surface area contributed by atoms with Crippen LogP contribution in [0, 0.1) is 0 Å². The van der Waals surface area contributed by atoms with E-state index in [0.29, 0.717) is 36.0 Å². The lowest BCUT2D eigenvalue weighted by Crippen LogP contribution is -2.49. The summed E-state index contributed by atoms with van der Waals surface area (Å²) in [6, 6.07) is 7.64. The third-order valence-corrected chi connectivity index (χ3v) is 5.50. The van der Waals surface area contributed by atoms with E-state index in [1.54, 1.807) is 31.6 Å². The molecular formula is C18H21ClN2O3S. The first kappa shape index (κ1) is 17.9. The molecule has 1 aromatic carbocycles. The standard InChI is InChI=1S/C18H21ClN2O3S/c1-23-16-12-15(17(24-2)11-14(16)19)20-5-7-21(8-6-20)18(22)10-13-4-3-9-25-13/h3-4,9,11-12H,5-8,10H2,1-2H3. The van der Waals surface area contributed by atoms with Gasteiger partial charge in [-0.05, 0) is 11.4 Å². The van der Waals surface area contributed by atoms with Crippen LogP contribution in [0.3, 0.4) is 0 Å². The van der Waals surface area contributed by atoms with Crippen molar-refractivity contribution in [2.24, 2.45) is 0 Å².